The number of H-pyrrole nitrogens is 1. The van der Waals surface area contributed by atoms with Gasteiger partial charge in [0.05, 0.1) is 12.2 Å². The molecule has 10 heteroatoms. The predicted octanol–water partition coefficient (Wildman–Crippen LogP) is 2.91. The fourth-order valence-electron chi connectivity index (χ4n) is 4.13. The number of aromatic amines is 1. The Bertz CT molecular complexity index is 1020. The van der Waals surface area contributed by atoms with Crippen LogP contribution in [-0.2, 0) is 0 Å². The van der Waals surface area contributed by atoms with E-state index >= 15 is 0 Å². The lowest BCUT2D eigenvalue weighted by Gasteiger charge is -2.33. The summed E-state index contributed by atoms with van der Waals surface area (Å²) in [5.74, 6) is -1.50. The minimum Gasteiger partial charge on any atom is -0.428 e. The van der Waals surface area contributed by atoms with Crippen molar-refractivity contribution in [3.63, 3.8) is 0 Å². The maximum absolute atomic E-state index is 13.5. The molecule has 27 heavy (non-hydrogen) atoms. The number of hydrogen-bond acceptors (Lipinski definition) is 6. The third-order valence-electron chi connectivity index (χ3n) is 5.83. The molecule has 2 fully saturated rings. The van der Waals surface area contributed by atoms with E-state index in [0.717, 1.165) is 12.8 Å². The molecule has 2 saturated carbocycles. The number of halogens is 2. The van der Waals surface area contributed by atoms with Gasteiger partial charge >= 0.3 is 0 Å². The van der Waals surface area contributed by atoms with Crippen molar-refractivity contribution < 1.29 is 13.2 Å². The van der Waals surface area contributed by atoms with E-state index in [9.17, 15) is 13.6 Å². The molecule has 2 atom stereocenters. The Balaban J connectivity index is 1.50. The molecule has 3 heterocycles. The zero-order valence-electron chi connectivity index (χ0n) is 14.4. The molecule has 2 aliphatic rings. The van der Waals surface area contributed by atoms with Gasteiger partial charge in [0, 0.05) is 24.7 Å². The van der Waals surface area contributed by atoms with Crippen molar-refractivity contribution in [3.8, 4) is 0 Å². The zero-order valence-corrected chi connectivity index (χ0v) is 14.4. The highest BCUT2D eigenvalue weighted by Crippen LogP contribution is 2.47. The maximum atomic E-state index is 13.5. The van der Waals surface area contributed by atoms with Gasteiger partial charge in [0.2, 0.25) is 18.2 Å². The first-order valence-corrected chi connectivity index (χ1v) is 9.13. The van der Waals surface area contributed by atoms with Gasteiger partial charge in [-0.15, -0.1) is 10.2 Å². The molecule has 0 aromatic carbocycles. The predicted molar refractivity (Wildman–Crippen MR) is 89.6 cm³/mol. The molecule has 0 radical (unpaired) electrons. The van der Waals surface area contributed by atoms with Crippen LogP contribution in [0.5, 0.6) is 0 Å². The van der Waals surface area contributed by atoms with Crippen LogP contribution in [-0.4, -0.2) is 35.9 Å². The Morgan fingerprint density at radius 3 is 2.63 bits per heavy atom. The van der Waals surface area contributed by atoms with E-state index in [-0.39, 0.29) is 36.3 Å². The second kappa shape index (κ2) is 5.93. The largest absolute Gasteiger partial charge is 0.428 e. The minimum absolute atomic E-state index is 0.0124. The fourth-order valence-corrected chi connectivity index (χ4v) is 4.13. The second-order valence-corrected chi connectivity index (χ2v) is 7.43. The molecular weight excluding hydrogens is 358 g/mol. The Labute approximate surface area is 152 Å². The molecule has 0 aliphatic heterocycles. The summed E-state index contributed by atoms with van der Waals surface area (Å²) in [6, 6.07) is -0.169. The first-order valence-electron chi connectivity index (χ1n) is 9.13. The number of hydrogen-bond donors (Lipinski definition) is 1. The van der Waals surface area contributed by atoms with Crippen LogP contribution in [0.3, 0.4) is 0 Å². The van der Waals surface area contributed by atoms with Crippen molar-refractivity contribution >= 4 is 11.0 Å². The summed E-state index contributed by atoms with van der Waals surface area (Å²) >= 11 is 0. The van der Waals surface area contributed by atoms with Gasteiger partial charge in [0.15, 0.2) is 5.65 Å². The van der Waals surface area contributed by atoms with Crippen molar-refractivity contribution in [1.82, 2.24) is 29.9 Å². The van der Waals surface area contributed by atoms with Gasteiger partial charge in [-0.25, -0.2) is 18.4 Å². The molecule has 0 spiro atoms. The molecule has 8 nitrogen and oxygen atoms in total. The Morgan fingerprint density at radius 2 is 1.96 bits per heavy atom. The average molecular weight is 376 g/mol. The first kappa shape index (κ1) is 16.5. The van der Waals surface area contributed by atoms with Crippen molar-refractivity contribution in [3.05, 3.63) is 34.7 Å². The summed E-state index contributed by atoms with van der Waals surface area (Å²) in [5, 5.41) is 12.4. The van der Waals surface area contributed by atoms with Gasteiger partial charge in [-0.2, -0.15) is 5.10 Å². The average Bonchev–Trinajstić information content (AvgIpc) is 3.24. The maximum Gasteiger partial charge on any atom is 0.262 e. The molecule has 0 amide bonds. The number of fused-ring (bicyclic) bond motifs is 1. The van der Waals surface area contributed by atoms with Crippen LogP contribution < -0.4 is 5.56 Å². The number of nitrogens with one attached hydrogen (secondary N) is 1. The van der Waals surface area contributed by atoms with Gasteiger partial charge < -0.3 is 9.40 Å². The Hall–Kier alpha value is -2.65. The van der Waals surface area contributed by atoms with Crippen LogP contribution in [0.4, 0.5) is 8.78 Å². The number of rotatable bonds is 3. The quantitative estimate of drug-likeness (QED) is 0.754. The second-order valence-electron chi connectivity index (χ2n) is 7.43. The van der Waals surface area contributed by atoms with Crippen molar-refractivity contribution in [1.29, 1.82) is 0 Å². The van der Waals surface area contributed by atoms with Gasteiger partial charge in [0.1, 0.15) is 11.2 Å². The van der Waals surface area contributed by atoms with E-state index in [1.165, 1.54) is 12.6 Å². The van der Waals surface area contributed by atoms with Gasteiger partial charge in [-0.05, 0) is 25.7 Å². The SMILES string of the molecule is O=c1[nH]c([C@H]2CC[C@H]2c2nnco2)nc2c1cnn2C1CCC(F)(F)CC1. The van der Waals surface area contributed by atoms with Crippen molar-refractivity contribution in [2.45, 2.75) is 62.3 Å². The van der Waals surface area contributed by atoms with Crippen LogP contribution in [0.25, 0.3) is 11.0 Å². The molecule has 1 N–H and O–H groups in total. The number of aromatic nitrogens is 6. The van der Waals surface area contributed by atoms with Gasteiger partial charge in [-0.1, -0.05) is 0 Å². The lowest BCUT2D eigenvalue weighted by atomic mass is 9.73. The summed E-state index contributed by atoms with van der Waals surface area (Å²) in [4.78, 5) is 20.0. The lowest BCUT2D eigenvalue weighted by molar-refractivity contribution is -0.0446. The number of alkyl halides is 2. The summed E-state index contributed by atoms with van der Waals surface area (Å²) in [7, 11) is 0. The van der Waals surface area contributed by atoms with Gasteiger partial charge in [0.25, 0.3) is 5.56 Å². The van der Waals surface area contributed by atoms with Crippen molar-refractivity contribution in [2.24, 2.45) is 0 Å². The van der Waals surface area contributed by atoms with Crippen LogP contribution in [0.1, 0.15) is 68.1 Å². The monoisotopic (exact) mass is 376 g/mol. The highest BCUT2D eigenvalue weighted by Gasteiger charge is 2.39. The summed E-state index contributed by atoms with van der Waals surface area (Å²) in [6.07, 6.45) is 4.79. The van der Waals surface area contributed by atoms with E-state index in [4.69, 9.17) is 4.42 Å². The smallest absolute Gasteiger partial charge is 0.262 e. The first-order chi connectivity index (χ1) is 13.0. The fraction of sp³-hybridized carbons (Fsp3) is 0.588. The topological polar surface area (TPSA) is 102 Å². The highest BCUT2D eigenvalue weighted by atomic mass is 19.3. The minimum atomic E-state index is -2.61. The third kappa shape index (κ3) is 2.74. The van der Waals surface area contributed by atoms with Crippen LogP contribution in [0, 0.1) is 0 Å². The molecule has 0 unspecified atom stereocenters. The Morgan fingerprint density at radius 1 is 1.19 bits per heavy atom. The number of nitrogens with zero attached hydrogens (tertiary/aromatic N) is 5. The third-order valence-corrected chi connectivity index (χ3v) is 5.83. The lowest BCUT2D eigenvalue weighted by Crippen LogP contribution is -2.28. The molecular formula is C17H18F2N6O2. The van der Waals surface area contributed by atoms with E-state index in [1.807, 2.05) is 0 Å². The van der Waals surface area contributed by atoms with Gasteiger partial charge in [-0.3, -0.25) is 4.79 Å². The molecule has 3 aromatic rings. The van der Waals surface area contributed by atoms with Crippen LogP contribution in [0.2, 0.25) is 0 Å². The highest BCUT2D eigenvalue weighted by molar-refractivity contribution is 5.73. The zero-order chi connectivity index (χ0) is 18.6. The van der Waals surface area contributed by atoms with Crippen LogP contribution in [0.15, 0.2) is 21.8 Å². The van der Waals surface area contributed by atoms with E-state index < -0.39 is 5.92 Å². The van der Waals surface area contributed by atoms with E-state index in [1.54, 1.807) is 4.68 Å². The molecule has 0 bridgehead atoms. The molecule has 142 valence electrons. The standard InChI is InChI=1S/C17H18F2N6O2/c18-17(19)5-3-9(4-6-17)25-14-12(7-21-25)15(26)23-13(22-14)10-1-2-11(10)16-24-20-8-27-16/h7-11H,1-6H2,(H,22,23,26)/t10-,11+/m0/s1. The summed E-state index contributed by atoms with van der Waals surface area (Å²) in [6.45, 7) is 0. The van der Waals surface area contributed by atoms with E-state index in [0.29, 0.717) is 35.6 Å². The summed E-state index contributed by atoms with van der Waals surface area (Å²) < 4.78 is 33.9. The summed E-state index contributed by atoms with van der Waals surface area (Å²) in [5.41, 5.74) is 0.193. The van der Waals surface area contributed by atoms with Crippen molar-refractivity contribution in [2.75, 3.05) is 0 Å². The Kier molecular flexibility index (Phi) is 3.63. The normalized spacial score (nSPS) is 25.6. The molecule has 5 rings (SSSR count). The molecule has 2 aliphatic carbocycles. The van der Waals surface area contributed by atoms with E-state index in [2.05, 4.69) is 25.3 Å². The van der Waals surface area contributed by atoms with Crippen LogP contribution >= 0.6 is 0 Å². The molecule has 0 saturated heterocycles. The molecule has 3 aromatic heterocycles.